The van der Waals surface area contributed by atoms with Crippen molar-refractivity contribution in [2.75, 3.05) is 57.9 Å². The fourth-order valence-electron chi connectivity index (χ4n) is 7.15. The molecule has 190 valence electrons. The van der Waals surface area contributed by atoms with Gasteiger partial charge in [0.25, 0.3) is 0 Å². The topological polar surface area (TPSA) is 97.4 Å². The summed E-state index contributed by atoms with van der Waals surface area (Å²) in [6, 6.07) is 6.57. The van der Waals surface area contributed by atoms with Crippen molar-refractivity contribution in [3.8, 4) is 5.75 Å². The van der Waals surface area contributed by atoms with Crippen molar-refractivity contribution in [2.45, 2.75) is 38.8 Å². The molecule has 2 aliphatic heterocycles. The second-order valence-corrected chi connectivity index (χ2v) is 12.1. The molecule has 0 unspecified atom stereocenters. The van der Waals surface area contributed by atoms with Gasteiger partial charge in [-0.15, -0.1) is 0 Å². The number of hydrogen-bond acceptors (Lipinski definition) is 8. The van der Waals surface area contributed by atoms with Gasteiger partial charge >= 0.3 is 0 Å². The molecule has 4 fully saturated rings. The lowest BCUT2D eigenvalue weighted by Gasteiger charge is -2.59. The van der Waals surface area contributed by atoms with Crippen LogP contribution in [0, 0.1) is 16.7 Å². The average molecular weight is 489 g/mol. The molecular formula is C27H36N8O. The van der Waals surface area contributed by atoms with Gasteiger partial charge in [-0.3, -0.25) is 9.58 Å². The molecule has 0 radical (unpaired) electrons. The minimum Gasteiger partial charge on any atom is -0.496 e. The first-order chi connectivity index (χ1) is 17.4. The maximum absolute atomic E-state index is 6.02. The van der Waals surface area contributed by atoms with Crippen molar-refractivity contribution in [3.63, 3.8) is 0 Å². The van der Waals surface area contributed by atoms with Crippen LogP contribution in [0.4, 0.5) is 11.8 Å². The molecule has 1 aromatic carbocycles. The first-order valence-electron chi connectivity index (χ1n) is 13.2. The first kappa shape index (κ1) is 22.3. The molecule has 3 aromatic rings. The van der Waals surface area contributed by atoms with Gasteiger partial charge in [0, 0.05) is 50.2 Å². The maximum atomic E-state index is 6.02. The highest BCUT2D eigenvalue weighted by molar-refractivity contribution is 5.86. The van der Waals surface area contributed by atoms with Gasteiger partial charge < -0.3 is 20.7 Å². The SMILES string of the molecule is COc1cc(CN2CC3(CN(C)C3)C2)ccc1Cn1ncc2nc(N)nc(NCC3CC4(CC4)C3)c21. The van der Waals surface area contributed by atoms with Gasteiger partial charge in [0.15, 0.2) is 5.82 Å². The number of methoxy groups -OCH3 is 1. The number of rotatable bonds is 8. The lowest BCUT2D eigenvalue weighted by molar-refractivity contribution is -0.107. The molecule has 9 heteroatoms. The van der Waals surface area contributed by atoms with E-state index in [9.17, 15) is 0 Å². The van der Waals surface area contributed by atoms with E-state index in [0.29, 0.717) is 23.3 Å². The van der Waals surface area contributed by atoms with Crippen LogP contribution in [-0.2, 0) is 13.1 Å². The van der Waals surface area contributed by atoms with E-state index in [4.69, 9.17) is 10.5 Å². The number of nitrogen functional groups attached to an aromatic ring is 1. The second-order valence-electron chi connectivity index (χ2n) is 12.1. The molecule has 36 heavy (non-hydrogen) atoms. The van der Waals surface area contributed by atoms with E-state index in [1.165, 1.54) is 57.4 Å². The van der Waals surface area contributed by atoms with Crippen molar-refractivity contribution in [1.82, 2.24) is 29.5 Å². The van der Waals surface area contributed by atoms with E-state index < -0.39 is 0 Å². The van der Waals surface area contributed by atoms with Crippen LogP contribution in [-0.4, -0.2) is 76.4 Å². The molecule has 7 rings (SSSR count). The van der Waals surface area contributed by atoms with E-state index >= 15 is 0 Å². The van der Waals surface area contributed by atoms with E-state index in [2.05, 4.69) is 55.4 Å². The Kier molecular flexibility index (Phi) is 4.98. The highest BCUT2D eigenvalue weighted by Crippen LogP contribution is 2.63. The predicted octanol–water partition coefficient (Wildman–Crippen LogP) is 2.81. The van der Waals surface area contributed by atoms with Gasteiger partial charge in [-0.25, -0.2) is 4.98 Å². The van der Waals surface area contributed by atoms with Crippen LogP contribution in [0.2, 0.25) is 0 Å². The van der Waals surface area contributed by atoms with E-state index in [1.54, 1.807) is 13.3 Å². The number of likely N-dealkylation sites (tertiary alicyclic amines) is 2. The molecule has 3 N–H and O–H groups in total. The summed E-state index contributed by atoms with van der Waals surface area (Å²) in [5.74, 6) is 2.66. The molecule has 0 atom stereocenters. The summed E-state index contributed by atoms with van der Waals surface area (Å²) in [6.45, 7) is 7.33. The van der Waals surface area contributed by atoms with Crippen LogP contribution < -0.4 is 15.8 Å². The van der Waals surface area contributed by atoms with E-state index in [0.717, 1.165) is 41.3 Å². The van der Waals surface area contributed by atoms with Crippen molar-refractivity contribution < 1.29 is 4.74 Å². The number of aromatic nitrogens is 4. The third kappa shape index (κ3) is 3.89. The summed E-state index contributed by atoms with van der Waals surface area (Å²) < 4.78 is 7.77. The molecule has 2 spiro atoms. The Morgan fingerprint density at radius 1 is 1.08 bits per heavy atom. The Balaban J connectivity index is 1.07. The lowest BCUT2D eigenvalue weighted by atomic mass is 9.72. The van der Waals surface area contributed by atoms with Crippen LogP contribution in [0.5, 0.6) is 5.75 Å². The summed E-state index contributed by atoms with van der Waals surface area (Å²) in [5.41, 5.74) is 11.3. The fraction of sp³-hybridized carbons (Fsp3) is 0.593. The third-order valence-electron chi connectivity index (χ3n) is 8.87. The van der Waals surface area contributed by atoms with E-state index in [1.807, 2.05) is 4.68 Å². The summed E-state index contributed by atoms with van der Waals surface area (Å²) in [5, 5.41) is 8.21. The molecule has 2 saturated heterocycles. The summed E-state index contributed by atoms with van der Waals surface area (Å²) in [6.07, 6.45) is 7.28. The number of nitrogens with one attached hydrogen (secondary N) is 1. The number of nitrogens with two attached hydrogens (primary N) is 1. The Hall–Kier alpha value is -2.91. The zero-order valence-corrected chi connectivity index (χ0v) is 21.3. The Bertz CT molecular complexity index is 1290. The van der Waals surface area contributed by atoms with Gasteiger partial charge in [-0.05, 0) is 55.7 Å². The van der Waals surface area contributed by atoms with Crippen LogP contribution in [0.3, 0.4) is 0 Å². The van der Waals surface area contributed by atoms with Crippen LogP contribution in [0.1, 0.15) is 36.8 Å². The van der Waals surface area contributed by atoms with Gasteiger partial charge in [0.2, 0.25) is 5.95 Å². The van der Waals surface area contributed by atoms with Gasteiger partial charge in [0.05, 0.1) is 19.9 Å². The van der Waals surface area contributed by atoms with Crippen molar-refractivity contribution >= 4 is 22.8 Å². The Morgan fingerprint density at radius 3 is 2.61 bits per heavy atom. The average Bonchev–Trinajstić information content (AvgIpc) is 3.50. The summed E-state index contributed by atoms with van der Waals surface area (Å²) in [4.78, 5) is 13.9. The number of benzene rings is 1. The third-order valence-corrected chi connectivity index (χ3v) is 8.87. The molecule has 9 nitrogen and oxygen atoms in total. The number of ether oxygens (including phenoxy) is 1. The van der Waals surface area contributed by atoms with Crippen molar-refractivity contribution in [3.05, 3.63) is 35.5 Å². The minimum atomic E-state index is 0.278. The lowest BCUT2D eigenvalue weighted by Crippen LogP contribution is -2.70. The highest BCUT2D eigenvalue weighted by atomic mass is 16.5. The number of anilines is 2. The molecule has 4 aliphatic rings. The van der Waals surface area contributed by atoms with Gasteiger partial charge in [0.1, 0.15) is 16.8 Å². The molecule has 0 bridgehead atoms. The van der Waals surface area contributed by atoms with Crippen LogP contribution in [0.15, 0.2) is 24.4 Å². The van der Waals surface area contributed by atoms with Crippen molar-refractivity contribution in [1.29, 1.82) is 0 Å². The highest BCUT2D eigenvalue weighted by Gasteiger charge is 2.52. The number of nitrogens with zero attached hydrogens (tertiary/aromatic N) is 6. The Labute approximate surface area is 212 Å². The largest absolute Gasteiger partial charge is 0.496 e. The number of hydrogen-bond donors (Lipinski definition) is 2. The molecule has 4 heterocycles. The smallest absolute Gasteiger partial charge is 0.222 e. The summed E-state index contributed by atoms with van der Waals surface area (Å²) >= 11 is 0. The zero-order valence-electron chi connectivity index (χ0n) is 21.3. The Morgan fingerprint density at radius 2 is 1.89 bits per heavy atom. The molecule has 2 aromatic heterocycles. The molecule has 0 amide bonds. The van der Waals surface area contributed by atoms with Crippen LogP contribution >= 0.6 is 0 Å². The maximum Gasteiger partial charge on any atom is 0.222 e. The quantitative estimate of drug-likeness (QED) is 0.500. The van der Waals surface area contributed by atoms with Gasteiger partial charge in [-0.2, -0.15) is 10.1 Å². The fourth-order valence-corrected chi connectivity index (χ4v) is 7.15. The van der Waals surface area contributed by atoms with Crippen molar-refractivity contribution in [2.24, 2.45) is 16.7 Å². The van der Waals surface area contributed by atoms with E-state index in [-0.39, 0.29) is 5.95 Å². The molecular weight excluding hydrogens is 452 g/mol. The normalized spacial score (nSPS) is 22.4. The zero-order chi connectivity index (χ0) is 24.5. The molecule has 2 aliphatic carbocycles. The van der Waals surface area contributed by atoms with Crippen LogP contribution in [0.25, 0.3) is 11.0 Å². The number of fused-ring (bicyclic) bond motifs is 1. The second kappa shape index (κ2) is 8.05. The first-order valence-corrected chi connectivity index (χ1v) is 13.2. The predicted molar refractivity (Wildman–Crippen MR) is 140 cm³/mol. The monoisotopic (exact) mass is 488 g/mol. The summed E-state index contributed by atoms with van der Waals surface area (Å²) in [7, 11) is 3.95. The van der Waals surface area contributed by atoms with Gasteiger partial charge in [-0.1, -0.05) is 12.1 Å². The minimum absolute atomic E-state index is 0.278. The molecule has 2 saturated carbocycles. The standard InChI is InChI=1S/C27H36N8O/c1-33-14-27(15-33)16-34(17-27)12-18-3-4-20(22(7-18)36-2)13-35-23-21(11-30-35)31-25(28)32-24(23)29-10-19-8-26(9-19)5-6-26/h3-4,7,11,19H,5-6,8-10,12-17H2,1-2H3,(H3,28,29,31,32).